The number of para-hydroxylation sites is 1. The summed E-state index contributed by atoms with van der Waals surface area (Å²) in [6.45, 7) is 2.41. The number of allylic oxidation sites excluding steroid dienone is 1. The third-order valence-corrected chi connectivity index (χ3v) is 5.23. The summed E-state index contributed by atoms with van der Waals surface area (Å²) in [6, 6.07) is 11.8. The van der Waals surface area contributed by atoms with E-state index in [1.807, 2.05) is 37.3 Å². The summed E-state index contributed by atoms with van der Waals surface area (Å²) < 4.78 is 6.97. The summed E-state index contributed by atoms with van der Waals surface area (Å²) in [6.07, 6.45) is 4.12. The molecule has 0 bridgehead atoms. The second kappa shape index (κ2) is 6.24. The van der Waals surface area contributed by atoms with E-state index in [2.05, 4.69) is 16.4 Å². The molecule has 0 unspecified atom stereocenters. The van der Waals surface area contributed by atoms with Gasteiger partial charge in [0, 0.05) is 6.08 Å². The first-order chi connectivity index (χ1) is 11.7. The topological polar surface area (TPSA) is 55.1 Å². The number of carbonyl (C=O) groups excluding carboxylic acids is 1. The molecule has 4 rings (SSSR count). The third kappa shape index (κ3) is 3.26. The number of nitrogens with one attached hydrogen (secondary N) is 1. The third-order valence-electron chi connectivity index (χ3n) is 4.18. The molecule has 0 atom stereocenters. The Labute approximate surface area is 144 Å². The molecule has 1 aliphatic carbocycles. The lowest BCUT2D eigenvalue weighted by atomic mass is 10.2. The molecule has 1 aliphatic rings. The van der Waals surface area contributed by atoms with Gasteiger partial charge in [0.2, 0.25) is 5.91 Å². The molecule has 0 saturated heterocycles. The molecule has 2 aromatic heterocycles. The van der Waals surface area contributed by atoms with Crippen molar-refractivity contribution in [1.82, 2.24) is 10.3 Å². The van der Waals surface area contributed by atoms with Gasteiger partial charge >= 0.3 is 0 Å². The van der Waals surface area contributed by atoms with E-state index < -0.39 is 0 Å². The van der Waals surface area contributed by atoms with Gasteiger partial charge in [-0.2, -0.15) is 0 Å². The van der Waals surface area contributed by atoms with Gasteiger partial charge in [0.1, 0.15) is 5.76 Å². The van der Waals surface area contributed by atoms with Gasteiger partial charge in [-0.25, -0.2) is 4.98 Å². The van der Waals surface area contributed by atoms with Crippen LogP contribution in [-0.4, -0.2) is 10.9 Å². The highest BCUT2D eigenvalue weighted by atomic mass is 32.1. The zero-order chi connectivity index (χ0) is 16.5. The number of benzene rings is 1. The van der Waals surface area contributed by atoms with Gasteiger partial charge in [0.15, 0.2) is 10.8 Å². The highest BCUT2D eigenvalue weighted by Crippen LogP contribution is 2.35. The van der Waals surface area contributed by atoms with Crippen LogP contribution in [-0.2, 0) is 11.3 Å². The van der Waals surface area contributed by atoms with Crippen LogP contribution in [0.15, 0.2) is 52.5 Å². The van der Waals surface area contributed by atoms with Crippen LogP contribution in [0.5, 0.6) is 0 Å². The zero-order valence-corrected chi connectivity index (χ0v) is 14.2. The summed E-state index contributed by atoms with van der Waals surface area (Å²) in [4.78, 5) is 16.5. The highest BCUT2D eigenvalue weighted by molar-refractivity contribution is 7.21. The fraction of sp³-hybridized carbons (Fsp3) is 0.263. The number of rotatable bonds is 5. The SMILES string of the molecule is C/C(=C\C(=O)NCc1ccc(-c2nc3ccccc3s2)o1)C1CC1. The Morgan fingerprint density at radius 2 is 2.17 bits per heavy atom. The van der Waals surface area contributed by atoms with Crippen LogP contribution < -0.4 is 5.32 Å². The molecule has 1 amide bonds. The summed E-state index contributed by atoms with van der Waals surface area (Å²) in [5, 5.41) is 3.74. The average Bonchev–Trinajstić information content (AvgIpc) is 3.18. The van der Waals surface area contributed by atoms with E-state index in [9.17, 15) is 4.79 Å². The molecule has 1 fully saturated rings. The monoisotopic (exact) mass is 338 g/mol. The van der Waals surface area contributed by atoms with E-state index in [1.165, 1.54) is 18.4 Å². The molecular formula is C19H18N2O2S. The minimum atomic E-state index is -0.0580. The minimum Gasteiger partial charge on any atom is -0.457 e. The number of amides is 1. The number of hydrogen-bond donors (Lipinski definition) is 1. The number of aromatic nitrogens is 1. The van der Waals surface area contributed by atoms with E-state index in [4.69, 9.17) is 4.42 Å². The minimum absolute atomic E-state index is 0.0580. The number of carbonyl (C=O) groups is 1. The van der Waals surface area contributed by atoms with Gasteiger partial charge in [-0.1, -0.05) is 17.7 Å². The Kier molecular flexibility index (Phi) is 3.94. The molecule has 1 aromatic carbocycles. The maximum Gasteiger partial charge on any atom is 0.244 e. The van der Waals surface area contributed by atoms with Crippen LogP contribution in [0.2, 0.25) is 0 Å². The first-order valence-corrected chi connectivity index (χ1v) is 8.91. The molecule has 0 spiro atoms. The van der Waals surface area contributed by atoms with Crippen molar-refractivity contribution in [3.05, 3.63) is 53.8 Å². The van der Waals surface area contributed by atoms with Crippen molar-refractivity contribution in [2.24, 2.45) is 5.92 Å². The van der Waals surface area contributed by atoms with Crippen molar-refractivity contribution in [2.45, 2.75) is 26.3 Å². The van der Waals surface area contributed by atoms with Gasteiger partial charge < -0.3 is 9.73 Å². The lowest BCUT2D eigenvalue weighted by Crippen LogP contribution is -2.20. The largest absolute Gasteiger partial charge is 0.457 e. The van der Waals surface area contributed by atoms with Gasteiger partial charge in [-0.3, -0.25) is 4.79 Å². The zero-order valence-electron chi connectivity index (χ0n) is 13.4. The molecule has 5 heteroatoms. The van der Waals surface area contributed by atoms with Crippen LogP contribution in [0.4, 0.5) is 0 Å². The van der Waals surface area contributed by atoms with Crippen LogP contribution in [0.25, 0.3) is 21.0 Å². The van der Waals surface area contributed by atoms with Crippen molar-refractivity contribution in [2.75, 3.05) is 0 Å². The maximum atomic E-state index is 11.9. The van der Waals surface area contributed by atoms with E-state index >= 15 is 0 Å². The van der Waals surface area contributed by atoms with E-state index in [1.54, 1.807) is 17.4 Å². The molecule has 0 aliphatic heterocycles. The summed E-state index contributed by atoms with van der Waals surface area (Å²) in [5.74, 6) is 2.03. The van der Waals surface area contributed by atoms with Crippen molar-refractivity contribution < 1.29 is 9.21 Å². The van der Waals surface area contributed by atoms with Crippen molar-refractivity contribution in [3.63, 3.8) is 0 Å². The Hall–Kier alpha value is -2.40. The number of furan rings is 1. The second-order valence-corrected chi connectivity index (χ2v) is 7.16. The Morgan fingerprint density at radius 1 is 1.33 bits per heavy atom. The second-order valence-electron chi connectivity index (χ2n) is 6.13. The molecule has 3 aromatic rings. The maximum absolute atomic E-state index is 11.9. The number of thiazole rings is 1. The fourth-order valence-electron chi connectivity index (χ4n) is 2.65. The smallest absolute Gasteiger partial charge is 0.244 e. The Balaban J connectivity index is 1.42. The van der Waals surface area contributed by atoms with E-state index in [-0.39, 0.29) is 5.91 Å². The van der Waals surface area contributed by atoms with Crippen molar-refractivity contribution in [3.8, 4) is 10.8 Å². The number of fused-ring (bicyclic) bond motifs is 1. The predicted octanol–water partition coefficient (Wildman–Crippen LogP) is 4.53. The van der Waals surface area contributed by atoms with Gasteiger partial charge in [-0.15, -0.1) is 11.3 Å². The lowest BCUT2D eigenvalue weighted by molar-refractivity contribution is -0.116. The molecular weight excluding hydrogens is 320 g/mol. The fourth-order valence-corrected chi connectivity index (χ4v) is 3.58. The van der Waals surface area contributed by atoms with Crippen LogP contribution >= 0.6 is 11.3 Å². The molecule has 1 saturated carbocycles. The Bertz CT molecular complexity index is 885. The first kappa shape index (κ1) is 15.1. The number of hydrogen-bond acceptors (Lipinski definition) is 4. The first-order valence-electron chi connectivity index (χ1n) is 8.10. The standard InChI is InChI=1S/C19H18N2O2S/c1-12(13-6-7-13)10-18(22)20-11-14-8-9-16(23-14)19-21-15-4-2-3-5-17(15)24-19/h2-5,8-10,13H,6-7,11H2,1H3,(H,20,22)/b12-10+. The summed E-state index contributed by atoms with van der Waals surface area (Å²) in [7, 11) is 0. The molecule has 0 radical (unpaired) electrons. The van der Waals surface area contributed by atoms with E-state index in [0.717, 1.165) is 26.7 Å². The summed E-state index contributed by atoms with van der Waals surface area (Å²) >= 11 is 1.60. The Morgan fingerprint density at radius 3 is 2.96 bits per heavy atom. The van der Waals surface area contributed by atoms with Gasteiger partial charge in [0.25, 0.3) is 0 Å². The number of nitrogens with zero attached hydrogens (tertiary/aromatic N) is 1. The molecule has 1 N–H and O–H groups in total. The van der Waals surface area contributed by atoms with Crippen molar-refractivity contribution in [1.29, 1.82) is 0 Å². The van der Waals surface area contributed by atoms with Gasteiger partial charge in [0.05, 0.1) is 16.8 Å². The van der Waals surface area contributed by atoms with E-state index in [0.29, 0.717) is 12.5 Å². The lowest BCUT2D eigenvalue weighted by Gasteiger charge is -2.01. The normalized spacial score (nSPS) is 15.0. The molecule has 24 heavy (non-hydrogen) atoms. The average molecular weight is 338 g/mol. The van der Waals surface area contributed by atoms with Crippen molar-refractivity contribution >= 4 is 27.5 Å². The quantitative estimate of drug-likeness (QED) is 0.695. The summed E-state index contributed by atoms with van der Waals surface area (Å²) in [5.41, 5.74) is 2.14. The van der Waals surface area contributed by atoms with Gasteiger partial charge in [-0.05, 0) is 49.9 Å². The molecule has 122 valence electrons. The van der Waals surface area contributed by atoms with Crippen LogP contribution in [0.3, 0.4) is 0 Å². The predicted molar refractivity (Wildman–Crippen MR) is 95.6 cm³/mol. The molecule has 2 heterocycles. The van der Waals surface area contributed by atoms with Crippen LogP contribution in [0, 0.1) is 5.92 Å². The van der Waals surface area contributed by atoms with Crippen LogP contribution in [0.1, 0.15) is 25.5 Å². The molecule has 4 nitrogen and oxygen atoms in total. The highest BCUT2D eigenvalue weighted by Gasteiger charge is 2.23.